The lowest BCUT2D eigenvalue weighted by Gasteiger charge is -2.34. The Hall–Kier alpha value is -0.940. The van der Waals surface area contributed by atoms with Gasteiger partial charge >= 0.3 is 0 Å². The minimum absolute atomic E-state index is 0.0932. The second-order valence-electron chi connectivity index (χ2n) is 5.40. The first-order chi connectivity index (χ1) is 9.52. The van der Waals surface area contributed by atoms with Gasteiger partial charge in [-0.15, -0.1) is 0 Å². The fraction of sp³-hybridized carbons (Fsp3) is 0.533. The van der Waals surface area contributed by atoms with E-state index in [-0.39, 0.29) is 24.4 Å². The van der Waals surface area contributed by atoms with Crippen LogP contribution >= 0.6 is 15.9 Å². The van der Waals surface area contributed by atoms with Crippen LogP contribution in [0.2, 0.25) is 0 Å². The van der Waals surface area contributed by atoms with Crippen molar-refractivity contribution in [1.82, 2.24) is 4.90 Å². The zero-order valence-corrected chi connectivity index (χ0v) is 13.1. The third kappa shape index (κ3) is 3.38. The van der Waals surface area contributed by atoms with Gasteiger partial charge in [0.05, 0.1) is 5.56 Å². The molecule has 1 aromatic carbocycles. The third-order valence-corrected chi connectivity index (χ3v) is 4.76. The number of benzene rings is 1. The van der Waals surface area contributed by atoms with Crippen LogP contribution in [0.5, 0.6) is 0 Å². The van der Waals surface area contributed by atoms with Crippen molar-refractivity contribution in [2.24, 2.45) is 5.92 Å². The van der Waals surface area contributed by atoms with Crippen LogP contribution in [0.15, 0.2) is 22.7 Å². The number of halogens is 2. The molecule has 1 aliphatic carbocycles. The molecule has 0 bridgehead atoms. The van der Waals surface area contributed by atoms with Gasteiger partial charge in [0.15, 0.2) is 0 Å². The molecule has 110 valence electrons. The molecule has 1 aliphatic rings. The van der Waals surface area contributed by atoms with E-state index in [0.29, 0.717) is 16.0 Å². The van der Waals surface area contributed by atoms with Gasteiger partial charge in [-0.1, -0.05) is 0 Å². The summed E-state index contributed by atoms with van der Waals surface area (Å²) in [7, 11) is 1.79. The molecule has 0 heterocycles. The number of hydrogen-bond acceptors (Lipinski definition) is 2. The van der Waals surface area contributed by atoms with E-state index < -0.39 is 0 Å². The number of rotatable bonds is 3. The minimum atomic E-state index is -0.362. The van der Waals surface area contributed by atoms with Gasteiger partial charge in [-0.3, -0.25) is 4.79 Å². The molecular weight excluding hydrogens is 325 g/mol. The van der Waals surface area contributed by atoms with Crippen molar-refractivity contribution < 1.29 is 14.3 Å². The van der Waals surface area contributed by atoms with Gasteiger partial charge in [0.25, 0.3) is 5.91 Å². The summed E-state index contributed by atoms with van der Waals surface area (Å²) in [5.41, 5.74) is 0.484. The molecule has 2 rings (SSSR count). The largest absolute Gasteiger partial charge is 0.396 e. The highest BCUT2D eigenvalue weighted by atomic mass is 79.9. The first-order valence-electron chi connectivity index (χ1n) is 6.86. The van der Waals surface area contributed by atoms with E-state index in [0.717, 1.165) is 25.7 Å². The second kappa shape index (κ2) is 6.68. The summed E-state index contributed by atoms with van der Waals surface area (Å²) in [5.74, 6) is -0.0869. The molecule has 0 unspecified atom stereocenters. The molecular formula is C15H19BrFNO2. The maximum atomic E-state index is 13.1. The Balaban J connectivity index is 2.05. The summed E-state index contributed by atoms with van der Waals surface area (Å²) in [5, 5.41) is 9.14. The van der Waals surface area contributed by atoms with E-state index in [4.69, 9.17) is 5.11 Å². The number of hydrogen-bond donors (Lipinski definition) is 1. The fourth-order valence-electron chi connectivity index (χ4n) is 2.73. The highest BCUT2D eigenvalue weighted by molar-refractivity contribution is 9.10. The van der Waals surface area contributed by atoms with Crippen LogP contribution in [0.25, 0.3) is 0 Å². The lowest BCUT2D eigenvalue weighted by atomic mass is 9.86. The summed E-state index contributed by atoms with van der Waals surface area (Å²) in [6, 6.07) is 4.32. The molecule has 3 nitrogen and oxygen atoms in total. The van der Waals surface area contributed by atoms with Crippen LogP contribution in [0.4, 0.5) is 4.39 Å². The number of carbonyl (C=O) groups is 1. The van der Waals surface area contributed by atoms with Crippen LogP contribution in [0.1, 0.15) is 36.0 Å². The predicted octanol–water partition coefficient (Wildman–Crippen LogP) is 3.21. The van der Waals surface area contributed by atoms with Crippen molar-refractivity contribution in [3.63, 3.8) is 0 Å². The average Bonchev–Trinajstić information content (AvgIpc) is 2.46. The zero-order chi connectivity index (χ0) is 14.7. The van der Waals surface area contributed by atoms with E-state index in [1.54, 1.807) is 11.9 Å². The van der Waals surface area contributed by atoms with Crippen molar-refractivity contribution >= 4 is 21.8 Å². The first-order valence-corrected chi connectivity index (χ1v) is 7.65. The smallest absolute Gasteiger partial charge is 0.254 e. The molecule has 0 aromatic heterocycles. The second-order valence-corrected chi connectivity index (χ2v) is 6.25. The van der Waals surface area contributed by atoms with E-state index in [2.05, 4.69) is 15.9 Å². The zero-order valence-electron chi connectivity index (χ0n) is 11.5. The van der Waals surface area contributed by atoms with Gasteiger partial charge in [-0.05, 0) is 65.7 Å². The SMILES string of the molecule is CN(C(=O)c1ccc(F)cc1Br)C1CCC(CO)CC1. The van der Waals surface area contributed by atoms with E-state index >= 15 is 0 Å². The molecule has 1 N–H and O–H groups in total. The van der Waals surface area contributed by atoms with Crippen molar-refractivity contribution in [1.29, 1.82) is 0 Å². The summed E-state index contributed by atoms with van der Waals surface area (Å²) in [4.78, 5) is 14.2. The maximum Gasteiger partial charge on any atom is 0.254 e. The Bertz CT molecular complexity index is 487. The minimum Gasteiger partial charge on any atom is -0.396 e. The molecule has 0 aliphatic heterocycles. The van der Waals surface area contributed by atoms with Gasteiger partial charge < -0.3 is 10.0 Å². The normalized spacial score (nSPS) is 22.6. The Morgan fingerprint density at radius 3 is 2.60 bits per heavy atom. The Labute approximate surface area is 126 Å². The van der Waals surface area contributed by atoms with E-state index in [1.807, 2.05) is 0 Å². The van der Waals surface area contributed by atoms with Crippen LogP contribution < -0.4 is 0 Å². The lowest BCUT2D eigenvalue weighted by molar-refractivity contribution is 0.0652. The number of nitrogens with zero attached hydrogens (tertiary/aromatic N) is 1. The van der Waals surface area contributed by atoms with Gasteiger partial charge in [-0.2, -0.15) is 0 Å². The number of aliphatic hydroxyl groups excluding tert-OH is 1. The predicted molar refractivity (Wildman–Crippen MR) is 79.0 cm³/mol. The van der Waals surface area contributed by atoms with E-state index in [9.17, 15) is 9.18 Å². The Kier molecular flexibility index (Phi) is 5.16. The third-order valence-electron chi connectivity index (χ3n) is 4.10. The highest BCUT2D eigenvalue weighted by Crippen LogP contribution is 2.28. The van der Waals surface area contributed by atoms with Crippen molar-refractivity contribution in [2.45, 2.75) is 31.7 Å². The van der Waals surface area contributed by atoms with Crippen LogP contribution in [0.3, 0.4) is 0 Å². The molecule has 20 heavy (non-hydrogen) atoms. The van der Waals surface area contributed by atoms with Gasteiger partial charge in [0, 0.05) is 24.2 Å². The molecule has 0 radical (unpaired) electrons. The molecule has 1 amide bonds. The fourth-order valence-corrected chi connectivity index (χ4v) is 3.25. The Morgan fingerprint density at radius 1 is 1.40 bits per heavy atom. The van der Waals surface area contributed by atoms with Crippen molar-refractivity contribution in [3.8, 4) is 0 Å². The molecule has 0 saturated heterocycles. The summed E-state index contributed by atoms with van der Waals surface area (Å²) in [6.45, 7) is 0.230. The first kappa shape index (κ1) is 15.4. The number of carbonyl (C=O) groups excluding carboxylic acids is 1. The monoisotopic (exact) mass is 343 g/mol. The van der Waals surface area contributed by atoms with Crippen LogP contribution in [-0.2, 0) is 0 Å². The molecule has 1 aromatic rings. The Morgan fingerprint density at radius 2 is 2.05 bits per heavy atom. The maximum absolute atomic E-state index is 13.1. The lowest BCUT2D eigenvalue weighted by Crippen LogP contribution is -2.40. The quantitative estimate of drug-likeness (QED) is 0.915. The number of amides is 1. The molecule has 5 heteroatoms. The number of aliphatic hydroxyl groups is 1. The van der Waals surface area contributed by atoms with Crippen LogP contribution in [-0.4, -0.2) is 35.6 Å². The molecule has 1 fully saturated rings. The van der Waals surface area contributed by atoms with Gasteiger partial charge in [-0.25, -0.2) is 4.39 Å². The standard InChI is InChI=1S/C15H19BrFNO2/c1-18(12-5-2-10(9-19)3-6-12)15(20)13-7-4-11(17)8-14(13)16/h4,7-8,10,12,19H,2-3,5-6,9H2,1H3. The summed E-state index contributed by atoms with van der Waals surface area (Å²) in [6.07, 6.45) is 3.71. The summed E-state index contributed by atoms with van der Waals surface area (Å²) < 4.78 is 13.6. The van der Waals surface area contributed by atoms with Gasteiger partial charge in [0.2, 0.25) is 0 Å². The van der Waals surface area contributed by atoms with Crippen LogP contribution in [0, 0.1) is 11.7 Å². The molecule has 1 saturated carbocycles. The topological polar surface area (TPSA) is 40.5 Å². The van der Waals surface area contributed by atoms with Crippen molar-refractivity contribution in [2.75, 3.05) is 13.7 Å². The van der Waals surface area contributed by atoms with E-state index in [1.165, 1.54) is 18.2 Å². The summed E-state index contributed by atoms with van der Waals surface area (Å²) >= 11 is 3.24. The van der Waals surface area contributed by atoms with Gasteiger partial charge in [0.1, 0.15) is 5.82 Å². The molecule has 0 spiro atoms. The molecule has 0 atom stereocenters. The van der Waals surface area contributed by atoms with Crippen molar-refractivity contribution in [3.05, 3.63) is 34.1 Å². The highest BCUT2D eigenvalue weighted by Gasteiger charge is 2.27. The average molecular weight is 344 g/mol.